The molecule has 0 fully saturated rings. The van der Waals surface area contributed by atoms with Crippen LogP contribution in [0.15, 0.2) is 65.6 Å². The molecular weight excluding hydrogens is 631 g/mol. The van der Waals surface area contributed by atoms with E-state index < -0.39 is 49.9 Å². The zero-order chi connectivity index (χ0) is 32.6. The molecule has 0 spiro atoms. The van der Waals surface area contributed by atoms with E-state index in [9.17, 15) is 28.1 Å². The summed E-state index contributed by atoms with van der Waals surface area (Å²) in [4.78, 5) is 39.3. The Morgan fingerprint density at radius 1 is 1.07 bits per heavy atom. The average molecular weight is 666 g/mol. The molecule has 0 saturated carbocycles. The fourth-order valence-corrected chi connectivity index (χ4v) is 6.34. The van der Waals surface area contributed by atoms with E-state index in [2.05, 4.69) is 5.32 Å². The molecule has 0 aliphatic heterocycles. The smallest absolute Gasteiger partial charge is 0.273 e. The van der Waals surface area contributed by atoms with Gasteiger partial charge in [-0.1, -0.05) is 61.3 Å². The minimum Gasteiger partial charge on any atom is -0.495 e. The number of nitro groups is 1. The second-order valence-electron chi connectivity index (χ2n) is 9.86. The summed E-state index contributed by atoms with van der Waals surface area (Å²) in [5, 5.41) is 15.0. The first-order chi connectivity index (χ1) is 20.8. The molecule has 3 aromatic carbocycles. The van der Waals surface area contributed by atoms with Gasteiger partial charge in [0.25, 0.3) is 15.7 Å². The first kappa shape index (κ1) is 34.6. The van der Waals surface area contributed by atoms with Crippen molar-refractivity contribution in [3.8, 4) is 5.75 Å². The van der Waals surface area contributed by atoms with Crippen molar-refractivity contribution < 1.29 is 27.7 Å². The summed E-state index contributed by atoms with van der Waals surface area (Å²) >= 11 is 12.7. The summed E-state index contributed by atoms with van der Waals surface area (Å²) in [6, 6.07) is 13.6. The van der Waals surface area contributed by atoms with Gasteiger partial charge in [0.15, 0.2) is 0 Å². The molecule has 0 aliphatic carbocycles. The van der Waals surface area contributed by atoms with Gasteiger partial charge in [-0.05, 0) is 55.7 Å². The molecular formula is C30H34Cl2N4O7S. The standard InChI is InChI=1S/C30H34Cl2N4O7S/c1-5-15-33-30(38)25(6-2)34(18-21-9-7-8-10-24(21)32)29(37)19-35(27-16-22(31)12-14-28(27)43-4)44(41,42)23-13-11-20(3)26(17-23)36(39)40/h7-14,16-17,25H,5-6,15,18-19H2,1-4H3,(H,33,38)/t25-/m0/s1. The highest BCUT2D eigenvalue weighted by Crippen LogP contribution is 2.36. The maximum atomic E-state index is 14.2. The molecule has 0 unspecified atom stereocenters. The molecule has 44 heavy (non-hydrogen) atoms. The lowest BCUT2D eigenvalue weighted by Crippen LogP contribution is -2.52. The van der Waals surface area contributed by atoms with Crippen LogP contribution in [0.2, 0.25) is 10.0 Å². The number of halogens is 2. The van der Waals surface area contributed by atoms with Crippen LogP contribution >= 0.6 is 23.2 Å². The highest BCUT2D eigenvalue weighted by Gasteiger charge is 2.35. The number of nitro benzene ring substituents is 1. The molecule has 0 aromatic heterocycles. The Morgan fingerprint density at radius 2 is 1.77 bits per heavy atom. The Hall–Kier alpha value is -3.87. The number of nitrogens with zero attached hydrogens (tertiary/aromatic N) is 3. The van der Waals surface area contributed by atoms with Crippen LogP contribution in [0, 0.1) is 17.0 Å². The number of ether oxygens (including phenoxy) is 1. The van der Waals surface area contributed by atoms with Gasteiger partial charge in [-0.2, -0.15) is 0 Å². The maximum absolute atomic E-state index is 14.2. The van der Waals surface area contributed by atoms with Crippen molar-refractivity contribution in [1.29, 1.82) is 0 Å². The first-order valence-corrected chi connectivity index (χ1v) is 16.0. The number of benzene rings is 3. The Balaban J connectivity index is 2.19. The topological polar surface area (TPSA) is 139 Å². The van der Waals surface area contributed by atoms with Gasteiger partial charge in [0.05, 0.1) is 22.6 Å². The van der Waals surface area contributed by atoms with Crippen molar-refractivity contribution in [2.24, 2.45) is 0 Å². The highest BCUT2D eigenvalue weighted by molar-refractivity contribution is 7.92. The number of rotatable bonds is 14. The fraction of sp³-hybridized carbons (Fsp3) is 0.333. The van der Waals surface area contributed by atoms with E-state index in [0.717, 1.165) is 10.4 Å². The van der Waals surface area contributed by atoms with Crippen molar-refractivity contribution in [3.05, 3.63) is 92.0 Å². The van der Waals surface area contributed by atoms with Crippen LogP contribution in [0.5, 0.6) is 5.75 Å². The predicted molar refractivity (Wildman–Crippen MR) is 170 cm³/mol. The van der Waals surface area contributed by atoms with E-state index in [1.54, 1.807) is 31.2 Å². The number of sulfonamides is 1. The van der Waals surface area contributed by atoms with E-state index in [0.29, 0.717) is 23.6 Å². The van der Waals surface area contributed by atoms with Crippen molar-refractivity contribution >= 4 is 56.4 Å². The van der Waals surface area contributed by atoms with E-state index in [4.69, 9.17) is 27.9 Å². The molecule has 14 heteroatoms. The molecule has 1 atom stereocenters. The first-order valence-electron chi connectivity index (χ1n) is 13.8. The predicted octanol–water partition coefficient (Wildman–Crippen LogP) is 5.75. The van der Waals surface area contributed by atoms with Crippen LogP contribution in [0.3, 0.4) is 0 Å². The van der Waals surface area contributed by atoms with Crippen molar-refractivity contribution in [1.82, 2.24) is 10.2 Å². The van der Waals surface area contributed by atoms with Gasteiger partial charge in [-0.25, -0.2) is 8.42 Å². The minimum atomic E-state index is -4.64. The van der Waals surface area contributed by atoms with Gasteiger partial charge < -0.3 is 15.0 Å². The molecule has 11 nitrogen and oxygen atoms in total. The van der Waals surface area contributed by atoms with Gasteiger partial charge in [0.1, 0.15) is 18.3 Å². The summed E-state index contributed by atoms with van der Waals surface area (Å²) in [5.41, 5.74) is 0.326. The molecule has 3 rings (SSSR count). The molecule has 0 bridgehead atoms. The van der Waals surface area contributed by atoms with Gasteiger partial charge in [-0.3, -0.25) is 24.0 Å². The van der Waals surface area contributed by atoms with Crippen LogP contribution in [-0.4, -0.2) is 56.3 Å². The summed E-state index contributed by atoms with van der Waals surface area (Å²) in [5.74, 6) is -1.05. The number of carbonyl (C=O) groups is 2. The Bertz CT molecular complexity index is 1640. The van der Waals surface area contributed by atoms with Crippen molar-refractivity contribution in [2.75, 3.05) is 24.5 Å². The fourth-order valence-electron chi connectivity index (χ4n) is 4.54. The largest absolute Gasteiger partial charge is 0.495 e. The second kappa shape index (κ2) is 15.2. The number of methoxy groups -OCH3 is 1. The third kappa shape index (κ3) is 7.99. The number of aryl methyl sites for hydroxylation is 1. The van der Waals surface area contributed by atoms with Crippen molar-refractivity contribution in [3.63, 3.8) is 0 Å². The van der Waals surface area contributed by atoms with Gasteiger partial charge >= 0.3 is 0 Å². The van der Waals surface area contributed by atoms with Crippen LogP contribution in [0.25, 0.3) is 0 Å². The molecule has 0 heterocycles. The normalized spacial score (nSPS) is 11.9. The van der Waals surface area contributed by atoms with Gasteiger partial charge in [0, 0.05) is 34.8 Å². The Morgan fingerprint density at radius 3 is 2.39 bits per heavy atom. The zero-order valence-electron chi connectivity index (χ0n) is 24.7. The molecule has 0 radical (unpaired) electrons. The number of hydrogen-bond acceptors (Lipinski definition) is 7. The molecule has 1 N–H and O–H groups in total. The number of amides is 2. The average Bonchev–Trinajstić information content (AvgIpc) is 2.99. The van der Waals surface area contributed by atoms with Crippen LogP contribution in [0.4, 0.5) is 11.4 Å². The molecule has 236 valence electrons. The monoisotopic (exact) mass is 664 g/mol. The second-order valence-corrected chi connectivity index (χ2v) is 12.6. The lowest BCUT2D eigenvalue weighted by atomic mass is 10.1. The van der Waals surface area contributed by atoms with E-state index in [1.807, 2.05) is 6.92 Å². The molecule has 3 aromatic rings. The third-order valence-electron chi connectivity index (χ3n) is 6.89. The quantitative estimate of drug-likeness (QED) is 0.171. The number of hydrogen-bond donors (Lipinski definition) is 1. The summed E-state index contributed by atoms with van der Waals surface area (Å²) < 4.78 is 34.6. The maximum Gasteiger partial charge on any atom is 0.273 e. The van der Waals surface area contributed by atoms with Crippen LogP contribution in [-0.2, 0) is 26.2 Å². The Labute approximate surface area is 266 Å². The minimum absolute atomic E-state index is 0.0715. The third-order valence-corrected chi connectivity index (χ3v) is 9.25. The van der Waals surface area contributed by atoms with Crippen LogP contribution in [0.1, 0.15) is 37.8 Å². The van der Waals surface area contributed by atoms with Gasteiger partial charge in [0.2, 0.25) is 11.8 Å². The summed E-state index contributed by atoms with van der Waals surface area (Å²) in [6.07, 6.45) is 0.896. The summed E-state index contributed by atoms with van der Waals surface area (Å²) in [7, 11) is -3.31. The lowest BCUT2D eigenvalue weighted by Gasteiger charge is -2.33. The van der Waals surface area contributed by atoms with E-state index >= 15 is 0 Å². The van der Waals surface area contributed by atoms with Crippen molar-refractivity contribution in [2.45, 2.75) is 51.1 Å². The lowest BCUT2D eigenvalue weighted by molar-refractivity contribution is -0.385. The Kier molecular flexibility index (Phi) is 12.0. The number of carbonyl (C=O) groups excluding carboxylic acids is 2. The van der Waals surface area contributed by atoms with E-state index in [-0.39, 0.29) is 35.0 Å². The van der Waals surface area contributed by atoms with E-state index in [1.165, 1.54) is 49.3 Å². The summed E-state index contributed by atoms with van der Waals surface area (Å²) in [6.45, 7) is 4.62. The number of anilines is 1. The molecule has 0 saturated heterocycles. The SMILES string of the molecule is CCCNC(=O)[C@H](CC)N(Cc1ccccc1Cl)C(=O)CN(c1cc(Cl)ccc1OC)S(=O)(=O)c1ccc(C)c([N+](=O)[O-])c1. The highest BCUT2D eigenvalue weighted by atomic mass is 35.5. The van der Waals surface area contributed by atoms with Gasteiger partial charge in [-0.15, -0.1) is 0 Å². The zero-order valence-corrected chi connectivity index (χ0v) is 27.1. The van der Waals surface area contributed by atoms with Crippen LogP contribution < -0.4 is 14.4 Å². The molecule has 0 aliphatic rings. The molecule has 2 amide bonds. The number of nitrogens with one attached hydrogen (secondary N) is 1.